The standard InChI is InChI=1S/C11H24N2O/c1-11(2,8-12-3)9-13-5-4-10(6-13)7-14/h10,12,14H,4-9H2,1-3H3. The molecule has 1 saturated heterocycles. The van der Waals surface area contributed by atoms with E-state index in [1.165, 1.54) is 0 Å². The second-order valence-electron chi connectivity index (χ2n) is 5.27. The Morgan fingerprint density at radius 1 is 1.50 bits per heavy atom. The minimum atomic E-state index is 0.332. The number of likely N-dealkylation sites (tertiary alicyclic amines) is 1. The molecule has 1 aliphatic rings. The summed E-state index contributed by atoms with van der Waals surface area (Å²) in [5, 5.41) is 12.3. The first-order chi connectivity index (χ1) is 6.57. The SMILES string of the molecule is CNCC(C)(C)CN1CCC(CO)C1. The second-order valence-corrected chi connectivity index (χ2v) is 5.27. The van der Waals surface area contributed by atoms with Gasteiger partial charge in [-0.15, -0.1) is 0 Å². The third kappa shape index (κ3) is 3.56. The summed E-state index contributed by atoms with van der Waals surface area (Å²) in [4.78, 5) is 2.47. The summed E-state index contributed by atoms with van der Waals surface area (Å²) in [6.07, 6.45) is 1.16. The smallest absolute Gasteiger partial charge is 0.0471 e. The maximum Gasteiger partial charge on any atom is 0.0471 e. The van der Waals surface area contributed by atoms with Gasteiger partial charge in [-0.3, -0.25) is 0 Å². The average molecular weight is 200 g/mol. The van der Waals surface area contributed by atoms with Gasteiger partial charge in [0, 0.05) is 26.2 Å². The number of nitrogens with zero attached hydrogens (tertiary/aromatic N) is 1. The van der Waals surface area contributed by atoms with Crippen LogP contribution in [-0.2, 0) is 0 Å². The van der Waals surface area contributed by atoms with E-state index in [0.29, 0.717) is 17.9 Å². The first-order valence-corrected chi connectivity index (χ1v) is 5.55. The van der Waals surface area contributed by atoms with Crippen LogP contribution < -0.4 is 5.32 Å². The number of hydrogen-bond donors (Lipinski definition) is 2. The lowest BCUT2D eigenvalue weighted by Crippen LogP contribution is -2.38. The van der Waals surface area contributed by atoms with Gasteiger partial charge in [-0.25, -0.2) is 0 Å². The maximum absolute atomic E-state index is 9.05. The molecule has 0 aromatic carbocycles. The van der Waals surface area contributed by atoms with Crippen molar-refractivity contribution in [1.29, 1.82) is 0 Å². The van der Waals surface area contributed by atoms with Gasteiger partial charge in [0.2, 0.25) is 0 Å². The maximum atomic E-state index is 9.05. The quantitative estimate of drug-likeness (QED) is 0.680. The summed E-state index contributed by atoms with van der Waals surface area (Å²) < 4.78 is 0. The third-order valence-corrected chi connectivity index (χ3v) is 2.94. The first-order valence-electron chi connectivity index (χ1n) is 5.55. The van der Waals surface area contributed by atoms with E-state index in [4.69, 9.17) is 5.11 Å². The monoisotopic (exact) mass is 200 g/mol. The van der Waals surface area contributed by atoms with Gasteiger partial charge in [0.15, 0.2) is 0 Å². The zero-order chi connectivity index (χ0) is 10.6. The highest BCUT2D eigenvalue weighted by atomic mass is 16.3. The molecule has 1 atom stereocenters. The number of aliphatic hydroxyl groups is 1. The normalized spacial score (nSPS) is 24.4. The van der Waals surface area contributed by atoms with Gasteiger partial charge in [-0.1, -0.05) is 13.8 Å². The molecule has 1 fully saturated rings. The molecule has 0 aliphatic carbocycles. The van der Waals surface area contributed by atoms with E-state index in [0.717, 1.165) is 32.6 Å². The molecule has 1 aliphatic heterocycles. The Labute approximate surface area is 87.5 Å². The Hall–Kier alpha value is -0.120. The van der Waals surface area contributed by atoms with Crippen molar-refractivity contribution in [3.8, 4) is 0 Å². The second kappa shape index (κ2) is 5.10. The number of hydrogen-bond acceptors (Lipinski definition) is 3. The molecule has 2 N–H and O–H groups in total. The van der Waals surface area contributed by atoms with Crippen molar-refractivity contribution in [1.82, 2.24) is 10.2 Å². The Morgan fingerprint density at radius 2 is 2.21 bits per heavy atom. The fourth-order valence-electron chi connectivity index (χ4n) is 2.35. The highest BCUT2D eigenvalue weighted by Crippen LogP contribution is 2.21. The van der Waals surface area contributed by atoms with Crippen molar-refractivity contribution in [3.05, 3.63) is 0 Å². The van der Waals surface area contributed by atoms with E-state index in [2.05, 4.69) is 24.1 Å². The highest BCUT2D eigenvalue weighted by molar-refractivity contribution is 4.81. The van der Waals surface area contributed by atoms with Gasteiger partial charge in [-0.2, -0.15) is 0 Å². The van der Waals surface area contributed by atoms with Crippen LogP contribution in [0.15, 0.2) is 0 Å². The van der Waals surface area contributed by atoms with Crippen LogP contribution in [0.25, 0.3) is 0 Å². The molecular weight excluding hydrogens is 176 g/mol. The van der Waals surface area contributed by atoms with Crippen LogP contribution in [0.1, 0.15) is 20.3 Å². The van der Waals surface area contributed by atoms with Gasteiger partial charge in [-0.05, 0) is 31.3 Å². The Morgan fingerprint density at radius 3 is 2.71 bits per heavy atom. The van der Waals surface area contributed by atoms with E-state index in [1.807, 2.05) is 7.05 Å². The van der Waals surface area contributed by atoms with Crippen molar-refractivity contribution < 1.29 is 5.11 Å². The van der Waals surface area contributed by atoms with Gasteiger partial charge in [0.25, 0.3) is 0 Å². The first kappa shape index (κ1) is 12.0. The molecule has 3 nitrogen and oxygen atoms in total. The zero-order valence-electron chi connectivity index (χ0n) is 9.71. The number of aliphatic hydroxyl groups excluding tert-OH is 1. The largest absolute Gasteiger partial charge is 0.396 e. The van der Waals surface area contributed by atoms with Crippen molar-refractivity contribution >= 4 is 0 Å². The molecule has 0 aromatic rings. The summed E-state index contributed by atoms with van der Waals surface area (Å²) >= 11 is 0. The van der Waals surface area contributed by atoms with Crippen LogP contribution in [-0.4, -0.2) is 49.8 Å². The van der Waals surface area contributed by atoms with Crippen LogP contribution in [0.5, 0.6) is 0 Å². The molecule has 0 bridgehead atoms. The minimum absolute atomic E-state index is 0.332. The molecule has 3 heteroatoms. The van der Waals surface area contributed by atoms with E-state index in [9.17, 15) is 0 Å². The topological polar surface area (TPSA) is 35.5 Å². The Balaban J connectivity index is 2.31. The van der Waals surface area contributed by atoms with E-state index in [-0.39, 0.29) is 0 Å². The summed E-state index contributed by atoms with van der Waals surface area (Å²) in [5.41, 5.74) is 0.332. The van der Waals surface area contributed by atoms with Gasteiger partial charge in [0.1, 0.15) is 0 Å². The highest BCUT2D eigenvalue weighted by Gasteiger charge is 2.27. The van der Waals surface area contributed by atoms with Gasteiger partial charge >= 0.3 is 0 Å². The van der Waals surface area contributed by atoms with Crippen molar-refractivity contribution in [2.75, 3.05) is 39.8 Å². The molecular formula is C11H24N2O. The summed E-state index contributed by atoms with van der Waals surface area (Å²) in [6, 6.07) is 0. The van der Waals surface area contributed by atoms with Crippen LogP contribution in [0.3, 0.4) is 0 Å². The molecule has 0 radical (unpaired) electrons. The summed E-state index contributed by atoms with van der Waals surface area (Å²) in [7, 11) is 2.00. The Kier molecular flexibility index (Phi) is 4.35. The lowest BCUT2D eigenvalue weighted by molar-refractivity contribution is 0.184. The minimum Gasteiger partial charge on any atom is -0.396 e. The average Bonchev–Trinajstić information content (AvgIpc) is 2.51. The predicted octanol–water partition coefficient (Wildman–Crippen LogP) is 0.546. The van der Waals surface area contributed by atoms with Crippen LogP contribution in [0, 0.1) is 11.3 Å². The fraction of sp³-hybridized carbons (Fsp3) is 1.00. The predicted molar refractivity (Wildman–Crippen MR) is 59.3 cm³/mol. The summed E-state index contributed by atoms with van der Waals surface area (Å²) in [5.74, 6) is 0.514. The zero-order valence-corrected chi connectivity index (χ0v) is 9.71. The molecule has 84 valence electrons. The summed E-state index contributed by atoms with van der Waals surface area (Å²) in [6.45, 7) is 9.33. The van der Waals surface area contributed by atoms with E-state index >= 15 is 0 Å². The number of nitrogens with one attached hydrogen (secondary N) is 1. The van der Waals surface area contributed by atoms with Gasteiger partial charge < -0.3 is 15.3 Å². The lowest BCUT2D eigenvalue weighted by atomic mass is 9.93. The van der Waals surface area contributed by atoms with Crippen molar-refractivity contribution in [3.63, 3.8) is 0 Å². The molecule has 1 unspecified atom stereocenters. The molecule has 0 spiro atoms. The molecule has 1 heterocycles. The van der Waals surface area contributed by atoms with Gasteiger partial charge in [0.05, 0.1) is 0 Å². The van der Waals surface area contributed by atoms with Crippen LogP contribution >= 0.6 is 0 Å². The van der Waals surface area contributed by atoms with E-state index in [1.54, 1.807) is 0 Å². The molecule has 0 aromatic heterocycles. The molecule has 0 amide bonds. The third-order valence-electron chi connectivity index (χ3n) is 2.94. The van der Waals surface area contributed by atoms with Crippen molar-refractivity contribution in [2.24, 2.45) is 11.3 Å². The molecule has 1 rings (SSSR count). The Bertz CT molecular complexity index is 171. The van der Waals surface area contributed by atoms with Crippen LogP contribution in [0.2, 0.25) is 0 Å². The number of rotatable bonds is 5. The fourth-order valence-corrected chi connectivity index (χ4v) is 2.35. The molecule has 0 saturated carbocycles. The lowest BCUT2D eigenvalue weighted by Gasteiger charge is -2.30. The van der Waals surface area contributed by atoms with Crippen LogP contribution in [0.4, 0.5) is 0 Å². The van der Waals surface area contributed by atoms with E-state index < -0.39 is 0 Å². The van der Waals surface area contributed by atoms with Crippen molar-refractivity contribution in [2.45, 2.75) is 20.3 Å². The molecule has 14 heavy (non-hydrogen) atoms.